The molecule has 1 N–H and O–H groups in total. The second kappa shape index (κ2) is 6.45. The van der Waals surface area contributed by atoms with Crippen molar-refractivity contribution in [2.75, 3.05) is 20.1 Å². The van der Waals surface area contributed by atoms with Gasteiger partial charge in [0, 0.05) is 20.0 Å². The van der Waals surface area contributed by atoms with Gasteiger partial charge >= 0.3 is 0 Å². The average Bonchev–Trinajstić information content (AvgIpc) is 3.23. The maximum atomic E-state index is 11.5. The monoisotopic (exact) mass is 319 g/mol. The Morgan fingerprint density at radius 3 is 2.78 bits per heavy atom. The van der Waals surface area contributed by atoms with E-state index >= 15 is 0 Å². The topological polar surface area (TPSA) is 102 Å². The summed E-state index contributed by atoms with van der Waals surface area (Å²) < 4.78 is 7.29. The van der Waals surface area contributed by atoms with Gasteiger partial charge in [-0.1, -0.05) is 0 Å². The highest BCUT2D eigenvalue weighted by atomic mass is 16.4. The lowest BCUT2D eigenvalue weighted by atomic mass is 9.96. The predicted molar refractivity (Wildman–Crippen MR) is 80.7 cm³/mol. The Bertz CT molecular complexity index is 672. The normalized spacial score (nSPS) is 18.0. The molecule has 3 heterocycles. The molecule has 1 atom stereocenters. The minimum atomic E-state index is -0.246. The van der Waals surface area contributed by atoms with Crippen molar-refractivity contribution < 1.29 is 9.21 Å². The number of carbonyl (C=O) groups excluding carboxylic acids is 1. The van der Waals surface area contributed by atoms with Gasteiger partial charge in [-0.25, -0.2) is 9.67 Å². The minimum Gasteiger partial charge on any atom is -0.435 e. The molecule has 0 spiro atoms. The van der Waals surface area contributed by atoms with E-state index in [-0.39, 0.29) is 23.6 Å². The van der Waals surface area contributed by atoms with Gasteiger partial charge in [0.1, 0.15) is 0 Å². The number of hydrogen-bond donors (Lipinski definition) is 1. The highest BCUT2D eigenvalue weighted by Crippen LogP contribution is 2.31. The zero-order chi connectivity index (χ0) is 16.4. The molecule has 1 amide bonds. The molecule has 2 aromatic heterocycles. The number of aryl methyl sites for hydroxylation is 1. The molecule has 1 aliphatic rings. The molecule has 9 nitrogen and oxygen atoms in total. The average molecular weight is 319 g/mol. The lowest BCUT2D eigenvalue weighted by molar-refractivity contribution is 0.0930. The third kappa shape index (κ3) is 3.09. The molecule has 23 heavy (non-hydrogen) atoms. The van der Waals surface area contributed by atoms with Gasteiger partial charge < -0.3 is 9.73 Å². The van der Waals surface area contributed by atoms with Crippen molar-refractivity contribution in [3.63, 3.8) is 0 Å². The summed E-state index contributed by atoms with van der Waals surface area (Å²) in [6.45, 7) is 3.94. The lowest BCUT2D eigenvalue weighted by Gasteiger charge is -2.34. The Balaban J connectivity index is 1.61. The number of carbonyl (C=O) groups is 1. The SMILES string of the molecule is CNC(=O)c1cnc(C2CCN(C(C)c3nnnn3C)CC2)o1. The Labute approximate surface area is 134 Å². The van der Waals surface area contributed by atoms with E-state index in [2.05, 4.69) is 37.6 Å². The number of rotatable bonds is 4. The van der Waals surface area contributed by atoms with Gasteiger partial charge in [0.25, 0.3) is 5.91 Å². The van der Waals surface area contributed by atoms with E-state index in [4.69, 9.17) is 4.42 Å². The van der Waals surface area contributed by atoms with Crippen LogP contribution in [-0.2, 0) is 7.05 Å². The molecule has 1 aliphatic heterocycles. The van der Waals surface area contributed by atoms with Gasteiger partial charge in [0.15, 0.2) is 11.7 Å². The smallest absolute Gasteiger partial charge is 0.288 e. The quantitative estimate of drug-likeness (QED) is 0.875. The van der Waals surface area contributed by atoms with Crippen LogP contribution in [0.15, 0.2) is 10.6 Å². The standard InChI is InChI=1S/C14H21N7O2/c1-9(12-17-18-19-20(12)3)21-6-4-10(5-7-21)14-16-8-11(23-14)13(22)15-2/h8-10H,4-7H2,1-3H3,(H,15,22). The van der Waals surface area contributed by atoms with E-state index < -0.39 is 0 Å². The molecular weight excluding hydrogens is 298 g/mol. The number of oxazole rings is 1. The highest BCUT2D eigenvalue weighted by molar-refractivity contribution is 5.90. The van der Waals surface area contributed by atoms with E-state index in [1.807, 2.05) is 7.05 Å². The van der Waals surface area contributed by atoms with Crippen LogP contribution in [0.1, 0.15) is 54.0 Å². The van der Waals surface area contributed by atoms with Crippen molar-refractivity contribution in [3.05, 3.63) is 23.7 Å². The van der Waals surface area contributed by atoms with Crippen LogP contribution in [0.3, 0.4) is 0 Å². The molecule has 0 bridgehead atoms. The maximum absolute atomic E-state index is 11.5. The number of piperidine rings is 1. The fourth-order valence-electron chi connectivity index (χ4n) is 2.99. The molecule has 1 unspecified atom stereocenters. The fourth-order valence-corrected chi connectivity index (χ4v) is 2.99. The van der Waals surface area contributed by atoms with Crippen LogP contribution in [0, 0.1) is 0 Å². The first-order valence-corrected chi connectivity index (χ1v) is 7.74. The van der Waals surface area contributed by atoms with Gasteiger partial charge in [0.2, 0.25) is 5.76 Å². The van der Waals surface area contributed by atoms with E-state index in [1.165, 1.54) is 6.20 Å². The van der Waals surface area contributed by atoms with E-state index in [1.54, 1.807) is 11.7 Å². The predicted octanol–water partition coefficient (Wildman–Crippen LogP) is 0.498. The minimum absolute atomic E-state index is 0.168. The van der Waals surface area contributed by atoms with Gasteiger partial charge in [-0.2, -0.15) is 0 Å². The maximum Gasteiger partial charge on any atom is 0.288 e. The molecule has 9 heteroatoms. The number of aromatic nitrogens is 5. The zero-order valence-electron chi connectivity index (χ0n) is 13.6. The van der Waals surface area contributed by atoms with Crippen molar-refractivity contribution in [1.29, 1.82) is 0 Å². The van der Waals surface area contributed by atoms with Crippen LogP contribution >= 0.6 is 0 Å². The van der Waals surface area contributed by atoms with Gasteiger partial charge in [-0.3, -0.25) is 9.69 Å². The van der Waals surface area contributed by atoms with Crippen molar-refractivity contribution in [3.8, 4) is 0 Å². The number of nitrogens with zero attached hydrogens (tertiary/aromatic N) is 6. The van der Waals surface area contributed by atoms with Crippen molar-refractivity contribution in [2.24, 2.45) is 7.05 Å². The number of hydrogen-bond acceptors (Lipinski definition) is 7. The van der Waals surface area contributed by atoms with Crippen LogP contribution in [-0.4, -0.2) is 56.1 Å². The molecule has 2 aromatic rings. The molecule has 3 rings (SSSR count). The first-order valence-electron chi connectivity index (χ1n) is 7.74. The zero-order valence-corrected chi connectivity index (χ0v) is 13.6. The van der Waals surface area contributed by atoms with Crippen LogP contribution in [0.5, 0.6) is 0 Å². The summed E-state index contributed by atoms with van der Waals surface area (Å²) in [4.78, 5) is 18.2. The third-order valence-corrected chi connectivity index (χ3v) is 4.43. The third-order valence-electron chi connectivity index (χ3n) is 4.43. The van der Waals surface area contributed by atoms with Crippen molar-refractivity contribution in [2.45, 2.75) is 31.7 Å². The summed E-state index contributed by atoms with van der Waals surface area (Å²) in [5.74, 6) is 1.78. The van der Waals surface area contributed by atoms with Crippen LogP contribution in [0.25, 0.3) is 0 Å². The molecule has 1 saturated heterocycles. The Hall–Kier alpha value is -2.29. The first-order chi connectivity index (χ1) is 11.1. The largest absolute Gasteiger partial charge is 0.435 e. The number of nitrogens with one attached hydrogen (secondary N) is 1. The number of tetrazole rings is 1. The Kier molecular flexibility index (Phi) is 4.37. The molecule has 0 radical (unpaired) electrons. The lowest BCUT2D eigenvalue weighted by Crippen LogP contribution is -2.36. The summed E-state index contributed by atoms with van der Waals surface area (Å²) in [6.07, 6.45) is 3.36. The van der Waals surface area contributed by atoms with Gasteiger partial charge in [0.05, 0.1) is 12.2 Å². The second-order valence-corrected chi connectivity index (χ2v) is 5.79. The molecule has 0 saturated carbocycles. The second-order valence-electron chi connectivity index (χ2n) is 5.79. The fraction of sp³-hybridized carbons (Fsp3) is 0.643. The van der Waals surface area contributed by atoms with Crippen LogP contribution in [0.2, 0.25) is 0 Å². The number of likely N-dealkylation sites (tertiary alicyclic amines) is 1. The highest BCUT2D eigenvalue weighted by Gasteiger charge is 2.29. The first kappa shape index (κ1) is 15.6. The Morgan fingerprint density at radius 1 is 1.43 bits per heavy atom. The van der Waals surface area contributed by atoms with Crippen molar-refractivity contribution >= 4 is 5.91 Å². The molecule has 1 fully saturated rings. The van der Waals surface area contributed by atoms with E-state index in [9.17, 15) is 4.79 Å². The molecule has 0 aromatic carbocycles. The van der Waals surface area contributed by atoms with E-state index in [0.29, 0.717) is 5.89 Å². The van der Waals surface area contributed by atoms with Crippen LogP contribution in [0.4, 0.5) is 0 Å². The van der Waals surface area contributed by atoms with Gasteiger partial charge in [-0.05, 0) is 43.3 Å². The van der Waals surface area contributed by atoms with E-state index in [0.717, 1.165) is 31.8 Å². The van der Waals surface area contributed by atoms with Crippen LogP contribution < -0.4 is 5.32 Å². The molecule has 124 valence electrons. The summed E-state index contributed by atoms with van der Waals surface area (Å²) in [6, 6.07) is 0.168. The molecular formula is C14H21N7O2. The Morgan fingerprint density at radius 2 is 2.17 bits per heavy atom. The molecule has 0 aliphatic carbocycles. The van der Waals surface area contributed by atoms with Gasteiger partial charge in [-0.15, -0.1) is 5.10 Å². The summed E-state index contributed by atoms with van der Waals surface area (Å²) >= 11 is 0. The van der Waals surface area contributed by atoms with Crippen molar-refractivity contribution in [1.82, 2.24) is 35.4 Å². The summed E-state index contributed by atoms with van der Waals surface area (Å²) in [5.41, 5.74) is 0. The number of amides is 1. The summed E-state index contributed by atoms with van der Waals surface area (Å²) in [5, 5.41) is 14.2. The summed E-state index contributed by atoms with van der Waals surface area (Å²) in [7, 11) is 3.43.